The minimum Gasteiger partial charge on any atom is -0.373 e. The molecular weight excluding hydrogens is 410 g/mol. The number of aromatic nitrogens is 2. The van der Waals surface area contributed by atoms with E-state index in [4.69, 9.17) is 0 Å². The molecule has 5 rings (SSSR count). The summed E-state index contributed by atoms with van der Waals surface area (Å²) >= 11 is 0. The number of hydrogen-bond donors (Lipinski definition) is 3. The summed E-state index contributed by atoms with van der Waals surface area (Å²) in [6.45, 7) is 9.78. The number of nitrogens with zero attached hydrogens (tertiary/aromatic N) is 4. The number of fused-ring (bicyclic) bond motifs is 1. The van der Waals surface area contributed by atoms with Gasteiger partial charge in [0.1, 0.15) is 11.5 Å². The number of allylic oxidation sites excluding steroid dienone is 3. The summed E-state index contributed by atoms with van der Waals surface area (Å²) in [7, 11) is 1.85. The lowest BCUT2D eigenvalue weighted by Crippen LogP contribution is -2.38. The summed E-state index contributed by atoms with van der Waals surface area (Å²) in [6, 6.07) is 6.18. The molecule has 0 bridgehead atoms. The van der Waals surface area contributed by atoms with E-state index in [0.717, 1.165) is 47.0 Å². The smallest absolute Gasteiger partial charge is 0.125 e. The van der Waals surface area contributed by atoms with Crippen LogP contribution in [-0.4, -0.2) is 46.3 Å². The molecule has 1 aliphatic carbocycles. The van der Waals surface area contributed by atoms with Crippen molar-refractivity contribution in [1.29, 1.82) is 0 Å². The average molecular weight is 442 g/mol. The highest BCUT2D eigenvalue weighted by Gasteiger charge is 2.39. The molecule has 0 spiro atoms. The summed E-state index contributed by atoms with van der Waals surface area (Å²) < 4.78 is 0. The molecule has 4 heterocycles. The zero-order chi connectivity index (χ0) is 22.8. The summed E-state index contributed by atoms with van der Waals surface area (Å²) in [4.78, 5) is 11.4. The Morgan fingerprint density at radius 3 is 2.82 bits per heavy atom. The quantitative estimate of drug-likeness (QED) is 0.599. The molecule has 2 aliphatic heterocycles. The highest BCUT2D eigenvalue weighted by molar-refractivity contribution is 6.17. The van der Waals surface area contributed by atoms with Gasteiger partial charge in [0.15, 0.2) is 0 Å². The zero-order valence-electron chi connectivity index (χ0n) is 19.4. The number of likely N-dealkylation sites (tertiary alicyclic amines) is 1. The minimum atomic E-state index is -0.238. The molecule has 1 saturated heterocycles. The first-order valence-electron chi connectivity index (χ1n) is 11.6. The first kappa shape index (κ1) is 21.4. The Hall–Kier alpha value is -3.45. The van der Waals surface area contributed by atoms with Gasteiger partial charge in [-0.2, -0.15) is 5.10 Å². The van der Waals surface area contributed by atoms with E-state index < -0.39 is 0 Å². The second-order valence-corrected chi connectivity index (χ2v) is 9.18. The first-order chi connectivity index (χ1) is 16.0. The van der Waals surface area contributed by atoms with Gasteiger partial charge < -0.3 is 10.6 Å². The maximum absolute atomic E-state index is 4.64. The molecule has 33 heavy (non-hydrogen) atoms. The third-order valence-corrected chi connectivity index (χ3v) is 6.63. The molecule has 1 unspecified atom stereocenters. The lowest BCUT2D eigenvalue weighted by atomic mass is 9.80. The van der Waals surface area contributed by atoms with Gasteiger partial charge in [-0.05, 0) is 74.7 Å². The van der Waals surface area contributed by atoms with E-state index in [9.17, 15) is 0 Å². The molecule has 7 heteroatoms. The Balaban J connectivity index is 1.35. The normalized spacial score (nSPS) is 22.1. The molecule has 0 aromatic carbocycles. The zero-order valence-corrected chi connectivity index (χ0v) is 19.4. The van der Waals surface area contributed by atoms with Crippen molar-refractivity contribution < 1.29 is 0 Å². The molecule has 0 amide bonds. The maximum Gasteiger partial charge on any atom is 0.125 e. The summed E-state index contributed by atoms with van der Waals surface area (Å²) in [5.74, 6) is 0.823. The molecule has 3 N–H and O–H groups in total. The van der Waals surface area contributed by atoms with Gasteiger partial charge in [-0.1, -0.05) is 12.7 Å². The van der Waals surface area contributed by atoms with Crippen LogP contribution >= 0.6 is 0 Å². The highest BCUT2D eigenvalue weighted by atomic mass is 15.4. The Bertz CT molecular complexity index is 1140. The minimum absolute atomic E-state index is 0.238. The van der Waals surface area contributed by atoms with Crippen LogP contribution in [0.3, 0.4) is 0 Å². The van der Waals surface area contributed by atoms with Crippen molar-refractivity contribution in [2.45, 2.75) is 38.3 Å². The van der Waals surface area contributed by atoms with Crippen molar-refractivity contribution in [1.82, 2.24) is 20.3 Å². The van der Waals surface area contributed by atoms with Gasteiger partial charge in [-0.15, -0.1) is 0 Å². The molecule has 2 aromatic rings. The molecule has 0 saturated carbocycles. The lowest BCUT2D eigenvalue weighted by Gasteiger charge is -2.29. The van der Waals surface area contributed by atoms with Crippen molar-refractivity contribution in [3.63, 3.8) is 0 Å². The fourth-order valence-corrected chi connectivity index (χ4v) is 4.68. The Kier molecular flexibility index (Phi) is 5.72. The van der Waals surface area contributed by atoms with Gasteiger partial charge >= 0.3 is 0 Å². The fourth-order valence-electron chi connectivity index (χ4n) is 4.68. The van der Waals surface area contributed by atoms with Gasteiger partial charge in [0.2, 0.25) is 0 Å². The van der Waals surface area contributed by atoms with E-state index in [1.165, 1.54) is 37.1 Å². The largest absolute Gasteiger partial charge is 0.373 e. The predicted octanol–water partition coefficient (Wildman–Crippen LogP) is 4.17. The molecular formula is C26H31N7. The average Bonchev–Trinajstić information content (AvgIpc) is 3.46. The molecule has 1 fully saturated rings. The topological polar surface area (TPSA) is 77.5 Å². The van der Waals surface area contributed by atoms with Gasteiger partial charge in [0, 0.05) is 37.1 Å². The van der Waals surface area contributed by atoms with Crippen molar-refractivity contribution >= 4 is 22.8 Å². The van der Waals surface area contributed by atoms with Crippen molar-refractivity contribution in [3.05, 3.63) is 77.9 Å². The molecule has 170 valence electrons. The number of pyridine rings is 2. The van der Waals surface area contributed by atoms with Crippen LogP contribution in [-0.2, 0) is 6.54 Å². The number of rotatable bonds is 7. The monoisotopic (exact) mass is 441 g/mol. The summed E-state index contributed by atoms with van der Waals surface area (Å²) in [5, 5.41) is 11.0. The number of nitrogens with one attached hydrogen (secondary N) is 3. The van der Waals surface area contributed by atoms with E-state index >= 15 is 0 Å². The lowest BCUT2D eigenvalue weighted by molar-refractivity contribution is 0.331. The van der Waals surface area contributed by atoms with Gasteiger partial charge in [-0.3, -0.25) is 15.3 Å². The van der Waals surface area contributed by atoms with E-state index in [1.54, 1.807) is 6.20 Å². The molecule has 2 aromatic heterocycles. The molecule has 1 atom stereocenters. The van der Waals surface area contributed by atoms with Gasteiger partial charge in [0.25, 0.3) is 0 Å². The van der Waals surface area contributed by atoms with Crippen LogP contribution in [0, 0.1) is 0 Å². The highest BCUT2D eigenvalue weighted by Crippen LogP contribution is 2.37. The Morgan fingerprint density at radius 1 is 1.21 bits per heavy atom. The second-order valence-electron chi connectivity index (χ2n) is 9.18. The van der Waals surface area contributed by atoms with E-state index in [1.807, 2.05) is 31.6 Å². The third-order valence-electron chi connectivity index (χ3n) is 6.63. The predicted molar refractivity (Wildman–Crippen MR) is 135 cm³/mol. The third kappa shape index (κ3) is 4.41. The van der Waals surface area contributed by atoms with Gasteiger partial charge in [-0.25, -0.2) is 4.98 Å². The summed E-state index contributed by atoms with van der Waals surface area (Å²) in [5.41, 5.74) is 10.3. The summed E-state index contributed by atoms with van der Waals surface area (Å²) in [6.07, 6.45) is 13.7. The molecule has 0 radical (unpaired) electrons. The standard InChI is InChI=1S/C26H31N7/c1-18(30-22-6-7-24(27-3)29-16-22)25-23-13-20(8-9-26(23,2)32-31-25)21-12-19(14-28-15-21)17-33-10-4-5-11-33/h6-8,12-16,30,32H,1,4-5,9-11,17H2,2-3H3,(H,27,29). The van der Waals surface area contributed by atoms with E-state index in [0.29, 0.717) is 0 Å². The SMILES string of the molecule is C=C(Nc1ccc(NC)nc1)C1=NNC2(C)CC=C(c3cncc(CN4CCCC4)c3)C=C12. The van der Waals surface area contributed by atoms with Crippen LogP contribution < -0.4 is 16.1 Å². The maximum atomic E-state index is 4.64. The van der Waals surface area contributed by atoms with Crippen LogP contribution in [0.1, 0.15) is 37.3 Å². The van der Waals surface area contributed by atoms with E-state index in [2.05, 4.69) is 67.7 Å². The van der Waals surface area contributed by atoms with Crippen LogP contribution in [0.15, 0.2) is 71.9 Å². The molecule has 7 nitrogen and oxygen atoms in total. The Morgan fingerprint density at radius 2 is 2.06 bits per heavy atom. The van der Waals surface area contributed by atoms with Crippen LogP contribution in [0.25, 0.3) is 5.57 Å². The van der Waals surface area contributed by atoms with Crippen LogP contribution in [0.4, 0.5) is 11.5 Å². The van der Waals surface area contributed by atoms with Gasteiger partial charge in [0.05, 0.1) is 23.1 Å². The fraction of sp³-hybridized carbons (Fsp3) is 0.346. The second kappa shape index (κ2) is 8.83. The van der Waals surface area contributed by atoms with Crippen molar-refractivity contribution in [2.75, 3.05) is 30.8 Å². The van der Waals surface area contributed by atoms with Crippen molar-refractivity contribution in [2.24, 2.45) is 5.10 Å². The van der Waals surface area contributed by atoms with Crippen molar-refractivity contribution in [3.8, 4) is 0 Å². The number of hydrogen-bond acceptors (Lipinski definition) is 7. The number of anilines is 2. The number of hydrazone groups is 1. The van der Waals surface area contributed by atoms with Crippen LogP contribution in [0.5, 0.6) is 0 Å². The first-order valence-corrected chi connectivity index (χ1v) is 11.6. The van der Waals surface area contributed by atoms with E-state index in [-0.39, 0.29) is 5.54 Å². The molecule has 3 aliphatic rings. The Labute approximate surface area is 195 Å². The van der Waals surface area contributed by atoms with Crippen LogP contribution in [0.2, 0.25) is 0 Å².